The lowest BCUT2D eigenvalue weighted by Crippen LogP contribution is -2.47. The average molecular weight is 490 g/mol. The van der Waals surface area contributed by atoms with Crippen LogP contribution in [-0.4, -0.2) is 60.7 Å². The van der Waals surface area contributed by atoms with Gasteiger partial charge in [0.1, 0.15) is 35.2 Å². The first-order chi connectivity index (χ1) is 16.2. The van der Waals surface area contributed by atoms with Crippen molar-refractivity contribution in [2.75, 3.05) is 11.9 Å². The van der Waals surface area contributed by atoms with Crippen molar-refractivity contribution in [1.82, 2.24) is 19.5 Å². The van der Waals surface area contributed by atoms with E-state index in [1.54, 1.807) is 18.4 Å². The standard InChI is InChI=1S/C23H25ClFN5O4/c1-23(2,32)21-28-17-13(25)8-11(20-18(17)30(21)5-6-33-20)16-12(24)9-26-22(29-16)27-14-7-10-3-4-15(34-10)19(14)31/h8-10,14-15,19,31-32H,3-7H2,1-2H3,(H,26,27,29)/t10-,14-,15-,19+/m1/s1. The van der Waals surface area contributed by atoms with Gasteiger partial charge in [-0.25, -0.2) is 19.3 Å². The van der Waals surface area contributed by atoms with Crippen LogP contribution in [-0.2, 0) is 16.9 Å². The number of benzene rings is 1. The number of rotatable bonds is 4. The van der Waals surface area contributed by atoms with Gasteiger partial charge in [-0.15, -0.1) is 0 Å². The molecule has 5 heterocycles. The molecule has 3 N–H and O–H groups in total. The molecule has 0 radical (unpaired) electrons. The molecular weight excluding hydrogens is 465 g/mol. The van der Waals surface area contributed by atoms with E-state index in [9.17, 15) is 10.2 Å². The molecule has 0 spiro atoms. The van der Waals surface area contributed by atoms with E-state index in [0.29, 0.717) is 47.9 Å². The van der Waals surface area contributed by atoms with Gasteiger partial charge in [-0.1, -0.05) is 11.6 Å². The number of imidazole rings is 1. The molecule has 0 saturated carbocycles. The molecule has 2 saturated heterocycles. The fourth-order valence-corrected chi connectivity index (χ4v) is 5.45. The summed E-state index contributed by atoms with van der Waals surface area (Å²) in [6, 6.07) is 1.04. The largest absolute Gasteiger partial charge is 0.489 e. The van der Waals surface area contributed by atoms with Gasteiger partial charge >= 0.3 is 0 Å². The van der Waals surface area contributed by atoms with Crippen molar-refractivity contribution in [3.8, 4) is 17.0 Å². The first-order valence-electron chi connectivity index (χ1n) is 11.4. The first-order valence-corrected chi connectivity index (χ1v) is 11.8. The zero-order valence-corrected chi connectivity index (χ0v) is 19.5. The molecular formula is C23H25ClFN5O4. The predicted molar refractivity (Wildman–Crippen MR) is 122 cm³/mol. The van der Waals surface area contributed by atoms with E-state index in [-0.39, 0.29) is 34.7 Å². The van der Waals surface area contributed by atoms with Crippen molar-refractivity contribution in [1.29, 1.82) is 0 Å². The Bertz CT molecular complexity index is 1290. The highest BCUT2D eigenvalue weighted by atomic mass is 35.5. The molecule has 2 aromatic heterocycles. The lowest BCUT2D eigenvalue weighted by molar-refractivity contribution is -0.0811. The van der Waals surface area contributed by atoms with E-state index in [4.69, 9.17) is 21.1 Å². The van der Waals surface area contributed by atoms with Gasteiger partial charge in [0, 0.05) is 5.56 Å². The molecule has 34 heavy (non-hydrogen) atoms. The van der Waals surface area contributed by atoms with Crippen LogP contribution in [0.4, 0.5) is 10.3 Å². The number of halogens is 2. The van der Waals surface area contributed by atoms with Crippen LogP contribution in [0.1, 0.15) is 38.9 Å². The van der Waals surface area contributed by atoms with E-state index >= 15 is 4.39 Å². The van der Waals surface area contributed by atoms with E-state index in [1.165, 1.54) is 12.3 Å². The molecule has 6 rings (SSSR count). The number of aliphatic hydroxyl groups is 2. The summed E-state index contributed by atoms with van der Waals surface area (Å²) >= 11 is 6.46. The molecule has 2 fully saturated rings. The summed E-state index contributed by atoms with van der Waals surface area (Å²) < 4.78 is 28.8. The number of ether oxygens (including phenoxy) is 2. The minimum atomic E-state index is -1.26. The highest BCUT2D eigenvalue weighted by Crippen LogP contribution is 2.43. The maximum absolute atomic E-state index is 15.2. The van der Waals surface area contributed by atoms with Gasteiger partial charge in [0.25, 0.3) is 0 Å². The molecule has 2 bridgehead atoms. The van der Waals surface area contributed by atoms with Gasteiger partial charge < -0.3 is 29.6 Å². The number of hydrogen-bond donors (Lipinski definition) is 3. The van der Waals surface area contributed by atoms with Crippen LogP contribution in [0.25, 0.3) is 22.3 Å². The van der Waals surface area contributed by atoms with Crippen LogP contribution in [0.5, 0.6) is 5.75 Å². The second kappa shape index (κ2) is 7.74. The number of aliphatic hydroxyl groups excluding tert-OH is 1. The van der Waals surface area contributed by atoms with Crippen molar-refractivity contribution in [2.45, 2.75) is 69.6 Å². The molecule has 0 aliphatic carbocycles. The zero-order valence-electron chi connectivity index (χ0n) is 18.8. The van der Waals surface area contributed by atoms with Crippen LogP contribution >= 0.6 is 11.6 Å². The van der Waals surface area contributed by atoms with Crippen molar-refractivity contribution in [2.24, 2.45) is 0 Å². The minimum absolute atomic E-state index is 0.109. The fraction of sp³-hybridized carbons (Fsp3) is 0.522. The maximum atomic E-state index is 15.2. The minimum Gasteiger partial charge on any atom is -0.489 e. The normalized spacial score (nSPS) is 26.1. The lowest BCUT2D eigenvalue weighted by Gasteiger charge is -2.34. The zero-order chi connectivity index (χ0) is 23.8. The Kier molecular flexibility index (Phi) is 5.00. The third-order valence-corrected chi connectivity index (χ3v) is 7.07. The van der Waals surface area contributed by atoms with Crippen molar-refractivity contribution < 1.29 is 24.1 Å². The van der Waals surface area contributed by atoms with Crippen LogP contribution in [0.2, 0.25) is 5.02 Å². The number of hydrogen-bond acceptors (Lipinski definition) is 8. The molecule has 1 aromatic carbocycles. The fourth-order valence-electron chi connectivity index (χ4n) is 5.26. The summed E-state index contributed by atoms with van der Waals surface area (Å²) in [7, 11) is 0. The van der Waals surface area contributed by atoms with Crippen molar-refractivity contribution in [3.05, 3.63) is 28.9 Å². The van der Waals surface area contributed by atoms with E-state index in [0.717, 1.165) is 12.8 Å². The predicted octanol–water partition coefficient (Wildman–Crippen LogP) is 3.00. The van der Waals surface area contributed by atoms with Crippen LogP contribution in [0, 0.1) is 5.82 Å². The Morgan fingerprint density at radius 2 is 2.12 bits per heavy atom. The number of fused-ring (bicyclic) bond motifs is 2. The smallest absolute Gasteiger partial charge is 0.223 e. The van der Waals surface area contributed by atoms with Gasteiger partial charge in [0.05, 0.1) is 41.7 Å². The molecule has 3 aliphatic heterocycles. The molecule has 3 aliphatic rings. The van der Waals surface area contributed by atoms with E-state index in [2.05, 4.69) is 20.3 Å². The van der Waals surface area contributed by atoms with E-state index in [1.807, 2.05) is 0 Å². The Labute approximate surface area is 199 Å². The highest BCUT2D eigenvalue weighted by molar-refractivity contribution is 6.33. The van der Waals surface area contributed by atoms with Crippen molar-refractivity contribution in [3.63, 3.8) is 0 Å². The summed E-state index contributed by atoms with van der Waals surface area (Å²) in [6.45, 7) is 3.98. The first kappa shape index (κ1) is 22.0. The molecule has 0 amide bonds. The summed E-state index contributed by atoms with van der Waals surface area (Å²) in [5.41, 5.74) is 0.00226. The third-order valence-electron chi connectivity index (χ3n) is 6.80. The topological polar surface area (TPSA) is 115 Å². The number of nitrogens with zero attached hydrogens (tertiary/aromatic N) is 4. The highest BCUT2D eigenvalue weighted by Gasteiger charge is 2.42. The molecule has 3 aromatic rings. The second-order valence-electron chi connectivity index (χ2n) is 9.67. The number of aromatic nitrogens is 4. The SMILES string of the molecule is CC(C)(O)c1nc2c(F)cc(-c3nc(N[C@@H]4C[C@H]5CC[C@@H](O5)[C@H]4O)ncc3Cl)c3c2n1CCO3. The van der Waals surface area contributed by atoms with Gasteiger partial charge in [0.15, 0.2) is 11.6 Å². The summed E-state index contributed by atoms with van der Waals surface area (Å²) in [4.78, 5) is 13.2. The van der Waals surface area contributed by atoms with Gasteiger partial charge in [-0.2, -0.15) is 0 Å². The van der Waals surface area contributed by atoms with Gasteiger partial charge in [-0.05, 0) is 39.2 Å². The third kappa shape index (κ3) is 3.43. The second-order valence-corrected chi connectivity index (χ2v) is 10.1. The number of nitrogens with one attached hydrogen (secondary N) is 1. The molecule has 4 atom stereocenters. The lowest BCUT2D eigenvalue weighted by atomic mass is 10.0. The maximum Gasteiger partial charge on any atom is 0.223 e. The number of anilines is 1. The molecule has 11 heteroatoms. The quantitative estimate of drug-likeness (QED) is 0.512. The monoisotopic (exact) mass is 489 g/mol. The Morgan fingerprint density at radius 3 is 2.91 bits per heavy atom. The molecule has 9 nitrogen and oxygen atoms in total. The summed E-state index contributed by atoms with van der Waals surface area (Å²) in [5, 5.41) is 24.6. The van der Waals surface area contributed by atoms with Gasteiger partial charge in [0.2, 0.25) is 5.95 Å². The van der Waals surface area contributed by atoms with Crippen LogP contribution in [0.15, 0.2) is 12.3 Å². The Hall–Kier alpha value is -2.53. The van der Waals surface area contributed by atoms with Crippen molar-refractivity contribution >= 4 is 28.6 Å². The van der Waals surface area contributed by atoms with Crippen LogP contribution < -0.4 is 10.1 Å². The van der Waals surface area contributed by atoms with Gasteiger partial charge in [-0.3, -0.25) is 0 Å². The summed E-state index contributed by atoms with van der Waals surface area (Å²) in [5.74, 6) is 0.479. The summed E-state index contributed by atoms with van der Waals surface area (Å²) in [6.07, 6.45) is 3.09. The molecule has 180 valence electrons. The van der Waals surface area contributed by atoms with Crippen LogP contribution in [0.3, 0.4) is 0 Å². The Balaban J connectivity index is 1.43. The Morgan fingerprint density at radius 1 is 1.29 bits per heavy atom. The average Bonchev–Trinajstić information content (AvgIpc) is 3.39. The molecule has 0 unspecified atom stereocenters. The van der Waals surface area contributed by atoms with E-state index < -0.39 is 17.5 Å².